The van der Waals surface area contributed by atoms with E-state index in [1.165, 1.54) is 19.1 Å². The molecule has 0 saturated carbocycles. The summed E-state index contributed by atoms with van der Waals surface area (Å²) in [7, 11) is 0. The highest BCUT2D eigenvalue weighted by atomic mass is 16.8. The Bertz CT molecular complexity index is 2770. The first-order valence-corrected chi connectivity index (χ1v) is 32.6. The minimum atomic E-state index is -2.08. The molecule has 5 amide bonds. The van der Waals surface area contributed by atoms with Gasteiger partial charge in [-0.25, -0.2) is 0 Å². The molecule has 6 fully saturated rings. The molecular weight excluding hydrogens is 1310 g/mol. The Hall–Kier alpha value is -5.07. The van der Waals surface area contributed by atoms with Crippen LogP contribution in [0.2, 0.25) is 0 Å². The van der Waals surface area contributed by atoms with Crippen molar-refractivity contribution in [3.63, 3.8) is 0 Å². The second-order valence-electron chi connectivity index (χ2n) is 24.9. The van der Waals surface area contributed by atoms with Gasteiger partial charge in [0.25, 0.3) is 5.91 Å². The highest BCUT2D eigenvalue weighted by Crippen LogP contribution is 2.37. The fourth-order valence-electron chi connectivity index (χ4n) is 12.3. The summed E-state index contributed by atoms with van der Waals surface area (Å²) in [5, 5.41) is 168. The van der Waals surface area contributed by atoms with E-state index in [1.807, 2.05) is 0 Å². The van der Waals surface area contributed by atoms with E-state index in [4.69, 9.17) is 56.8 Å². The molecule has 0 spiro atoms. The van der Waals surface area contributed by atoms with Crippen molar-refractivity contribution in [2.24, 2.45) is 0 Å². The van der Waals surface area contributed by atoms with E-state index in [2.05, 4.69) is 45.3 Å². The highest BCUT2D eigenvalue weighted by molar-refractivity contribution is 5.94. The van der Waals surface area contributed by atoms with E-state index in [-0.39, 0.29) is 12.2 Å². The molecule has 98 heavy (non-hydrogen) atoms. The number of hydrogen-bond acceptors (Lipinski definition) is 31. The van der Waals surface area contributed by atoms with Gasteiger partial charge >= 0.3 is 0 Å². The van der Waals surface area contributed by atoms with Crippen LogP contribution in [0.5, 0.6) is 5.75 Å². The molecule has 0 aromatic heterocycles. The van der Waals surface area contributed by atoms with Crippen LogP contribution in [0.25, 0.3) is 0 Å². The van der Waals surface area contributed by atoms with Crippen LogP contribution in [-0.4, -0.2) is 325 Å². The summed E-state index contributed by atoms with van der Waals surface area (Å²) in [4.78, 5) is 65.0. The summed E-state index contributed by atoms with van der Waals surface area (Å²) in [5.41, 5.74) is 0.0314. The normalized spacial score (nSPS) is 39.6. The molecule has 0 aliphatic carbocycles. The predicted octanol–water partition coefficient (Wildman–Crippen LogP) is -7.93. The summed E-state index contributed by atoms with van der Waals surface area (Å²) in [5.74, 6) is 2.53. The first-order valence-electron chi connectivity index (χ1n) is 32.6. The van der Waals surface area contributed by atoms with Crippen molar-refractivity contribution in [1.82, 2.24) is 26.6 Å². The van der Waals surface area contributed by atoms with Crippen molar-refractivity contribution in [3.05, 3.63) is 29.8 Å². The molecule has 13 unspecified atom stereocenters. The fourth-order valence-corrected chi connectivity index (χ4v) is 12.3. The van der Waals surface area contributed by atoms with Crippen molar-refractivity contribution in [2.75, 3.05) is 39.6 Å². The van der Waals surface area contributed by atoms with Gasteiger partial charge in [-0.15, -0.1) is 11.8 Å². The molecule has 36 heteroatoms. The Morgan fingerprint density at radius 2 is 0.878 bits per heavy atom. The van der Waals surface area contributed by atoms with Crippen LogP contribution in [-0.2, 0) is 71.3 Å². The van der Waals surface area contributed by atoms with Gasteiger partial charge in [0.05, 0.1) is 45.7 Å². The Labute approximate surface area is 564 Å². The number of ether oxygens (including phenoxy) is 12. The SMILES string of the molecule is CCCCCCC#CCCCOc1cccc(C(=O)NC2[C@H](O[C@H]3C(O)C(NC(C)=O)[C@H](OC4C(CO)O[C@@H](O[C@H]5C(O)C(NC(C)=O)C(OC6C(CO[C@@H]7OC(C)[C@@H](O)C(O)[C@H]7O)O[C@@H](O)[C@@H](NC(C)=O)[C@H]6O)O[C@H]5CO)[C@@H](NC(C)=O)[C@H]4O)O[C@H]3CO)OC(CO)[C@@H](O)[C@@H]2O)c1. The van der Waals surface area contributed by atoms with Crippen LogP contribution >= 0.6 is 0 Å². The summed E-state index contributed by atoms with van der Waals surface area (Å²) in [6.45, 7) is 3.20. The minimum absolute atomic E-state index is 0.0314. The molecule has 556 valence electrons. The van der Waals surface area contributed by atoms with E-state index in [0.717, 1.165) is 59.8 Å². The number of rotatable bonds is 29. The molecule has 6 heterocycles. The number of aliphatic hydroxyl groups is 14. The molecule has 0 radical (unpaired) electrons. The Morgan fingerprint density at radius 3 is 1.34 bits per heavy atom. The van der Waals surface area contributed by atoms with Crippen LogP contribution in [0.1, 0.15) is 96.8 Å². The molecule has 30 atom stereocenters. The maximum absolute atomic E-state index is 13.9. The standard InChI is InChI=1S/C62H97N5O31/c1-7-8-9-10-11-12-13-14-15-19-87-32-18-16-17-31(20-32)56(85)67-39-45(78)44(77)33(21-68)91-58(39)95-52-34(22-69)92-59(40(47(52)80)64-28(4)73)96-53-35(23-70)93-60(41(48(53)81)65-29(5)74)97-54-36(24-71)94-61(42(49(54)82)66-30(6)75)98-55-37(90-57(86)38(46(55)79)63-27(3)72)25-88-62-51(84)50(83)43(76)26(2)89-62/h16-18,20,26,33-55,57-62,68-71,76-84,86H,7-11,14-15,19,21-25H2,1-6H3,(H,63,72)(H,64,73)(H,65,74)(H,66,75)(H,67,85)/t26?,33?,34-,35?,36-,37?,38-,39?,40?,41-,42?,43+,44+,45+,46+,47?,48+,49?,50?,51+,52+,53?,54+,55?,57+,58-,59-,60-,61?,62+/m0/s1. The first-order chi connectivity index (χ1) is 46.7. The first kappa shape index (κ1) is 80.2. The van der Waals surface area contributed by atoms with Gasteiger partial charge in [-0.1, -0.05) is 32.3 Å². The third-order valence-corrected chi connectivity index (χ3v) is 17.4. The van der Waals surface area contributed by atoms with E-state index in [0.29, 0.717) is 18.6 Å². The largest absolute Gasteiger partial charge is 0.494 e. The molecule has 19 N–H and O–H groups in total. The van der Waals surface area contributed by atoms with Crippen LogP contribution in [0.4, 0.5) is 0 Å². The number of hydrogen-bond donors (Lipinski definition) is 19. The molecule has 6 aliphatic rings. The summed E-state index contributed by atoms with van der Waals surface area (Å²) in [6.07, 6.45) is -38.5. The monoisotopic (exact) mass is 1410 g/mol. The molecule has 36 nitrogen and oxygen atoms in total. The second-order valence-corrected chi connectivity index (χ2v) is 24.9. The van der Waals surface area contributed by atoms with Crippen LogP contribution < -0.4 is 31.3 Å². The van der Waals surface area contributed by atoms with E-state index < -0.39 is 246 Å². The van der Waals surface area contributed by atoms with Crippen molar-refractivity contribution >= 4 is 29.5 Å². The lowest BCUT2D eigenvalue weighted by atomic mass is 9.93. The fraction of sp³-hybridized carbons (Fsp3) is 0.790. The van der Waals surface area contributed by atoms with Crippen molar-refractivity contribution in [1.29, 1.82) is 0 Å². The zero-order valence-electron chi connectivity index (χ0n) is 55.0. The zero-order valence-corrected chi connectivity index (χ0v) is 55.0. The van der Waals surface area contributed by atoms with Gasteiger partial charge in [-0.05, 0) is 38.0 Å². The topological polar surface area (TPSA) is 539 Å². The number of amides is 5. The summed E-state index contributed by atoms with van der Waals surface area (Å²) in [6, 6.07) is -2.60. The maximum Gasteiger partial charge on any atom is 0.251 e. The Morgan fingerprint density at radius 1 is 0.449 bits per heavy atom. The highest BCUT2D eigenvalue weighted by Gasteiger charge is 2.58. The molecule has 1 aromatic carbocycles. The number of aliphatic hydroxyl groups excluding tert-OH is 14. The van der Waals surface area contributed by atoms with Gasteiger partial charge in [-0.3, -0.25) is 24.0 Å². The average Bonchev–Trinajstić information content (AvgIpc) is 0.772. The minimum Gasteiger partial charge on any atom is -0.494 e. The van der Waals surface area contributed by atoms with E-state index in [1.54, 1.807) is 12.1 Å². The molecule has 6 aliphatic heterocycles. The number of carbonyl (C=O) groups excluding carboxylic acids is 5. The van der Waals surface area contributed by atoms with Crippen LogP contribution in [0, 0.1) is 11.8 Å². The zero-order chi connectivity index (χ0) is 71.8. The molecular formula is C62H97N5O31. The number of nitrogens with one attached hydrogen (secondary N) is 5. The van der Waals surface area contributed by atoms with E-state index in [9.17, 15) is 95.5 Å². The van der Waals surface area contributed by atoms with E-state index >= 15 is 0 Å². The van der Waals surface area contributed by atoms with Gasteiger partial charge < -0.3 is 155 Å². The van der Waals surface area contributed by atoms with Gasteiger partial charge in [0.15, 0.2) is 37.7 Å². The van der Waals surface area contributed by atoms with Crippen LogP contribution in [0.3, 0.4) is 0 Å². The van der Waals surface area contributed by atoms with Gasteiger partial charge in [-0.2, -0.15) is 0 Å². The van der Waals surface area contributed by atoms with Crippen molar-refractivity contribution in [2.45, 2.75) is 270 Å². The Balaban J connectivity index is 1.07. The lowest BCUT2D eigenvalue weighted by Gasteiger charge is -2.51. The second kappa shape index (κ2) is 37.7. The third kappa shape index (κ3) is 20.4. The van der Waals surface area contributed by atoms with Crippen molar-refractivity contribution in [3.8, 4) is 17.6 Å². The van der Waals surface area contributed by atoms with Crippen LogP contribution in [0.15, 0.2) is 24.3 Å². The summed E-state index contributed by atoms with van der Waals surface area (Å²) < 4.78 is 71.9. The summed E-state index contributed by atoms with van der Waals surface area (Å²) >= 11 is 0. The molecule has 1 aromatic rings. The molecule has 6 saturated heterocycles. The van der Waals surface area contributed by atoms with Crippen molar-refractivity contribution < 1.29 is 152 Å². The van der Waals surface area contributed by atoms with Gasteiger partial charge in [0.2, 0.25) is 23.6 Å². The van der Waals surface area contributed by atoms with Gasteiger partial charge in [0.1, 0.15) is 146 Å². The Kier molecular flexibility index (Phi) is 30.9. The molecule has 7 rings (SSSR count). The van der Waals surface area contributed by atoms with Gasteiger partial charge in [0, 0.05) is 46.1 Å². The number of benzene rings is 1. The number of unbranched alkanes of at least 4 members (excludes halogenated alkanes) is 5. The smallest absolute Gasteiger partial charge is 0.251 e. The number of carbonyl (C=O) groups is 5. The average molecular weight is 1410 g/mol. The predicted molar refractivity (Wildman–Crippen MR) is 327 cm³/mol. The quantitative estimate of drug-likeness (QED) is 0.0262. The maximum atomic E-state index is 13.9. The molecule has 0 bridgehead atoms. The third-order valence-electron chi connectivity index (χ3n) is 17.4. The lowest BCUT2D eigenvalue weighted by Crippen LogP contribution is -2.72. The lowest BCUT2D eigenvalue weighted by molar-refractivity contribution is -0.368.